The van der Waals surface area contributed by atoms with Crippen molar-refractivity contribution in [2.75, 3.05) is 13.2 Å². The first-order chi connectivity index (χ1) is 16.3. The molecule has 0 amide bonds. The first-order valence-corrected chi connectivity index (χ1v) is 10.2. The smallest absolute Gasteiger partial charge is 0.406 e. The molecule has 0 saturated carbocycles. The number of benzene rings is 2. The van der Waals surface area contributed by atoms with Gasteiger partial charge >= 0.3 is 6.36 Å². The Kier molecular flexibility index (Phi) is 5.20. The molecule has 1 unspecified atom stereocenters. The molecule has 34 heavy (non-hydrogen) atoms. The SMILES string of the molecule is NC1=NC(c2ccc(OC(F)(F)F)cc2)(c2cccc(-c3cncc(F)c3)c2)C2=NCCON12. The summed E-state index contributed by atoms with van der Waals surface area (Å²) in [6.07, 6.45) is -2.19. The van der Waals surface area contributed by atoms with Crippen LogP contribution in [0.4, 0.5) is 17.6 Å². The Morgan fingerprint density at radius 2 is 1.79 bits per heavy atom. The van der Waals surface area contributed by atoms with E-state index in [-0.39, 0.29) is 11.7 Å². The number of guanidine groups is 1. The third-order valence-electron chi connectivity index (χ3n) is 5.40. The number of nitrogens with zero attached hydrogens (tertiary/aromatic N) is 4. The summed E-state index contributed by atoms with van der Waals surface area (Å²) in [7, 11) is 0. The largest absolute Gasteiger partial charge is 0.573 e. The topological polar surface area (TPSA) is 85.3 Å². The molecule has 7 nitrogen and oxygen atoms in total. The van der Waals surface area contributed by atoms with Gasteiger partial charge in [0.15, 0.2) is 11.4 Å². The van der Waals surface area contributed by atoms with Crippen LogP contribution in [0, 0.1) is 5.82 Å². The van der Waals surface area contributed by atoms with Gasteiger partial charge in [0.25, 0.3) is 0 Å². The van der Waals surface area contributed by atoms with E-state index in [1.165, 1.54) is 41.6 Å². The second-order valence-electron chi connectivity index (χ2n) is 7.56. The highest BCUT2D eigenvalue weighted by Gasteiger charge is 2.50. The van der Waals surface area contributed by atoms with E-state index < -0.39 is 17.7 Å². The van der Waals surface area contributed by atoms with Crippen molar-refractivity contribution in [3.05, 3.63) is 83.9 Å². The quantitative estimate of drug-likeness (QED) is 0.582. The molecule has 2 aromatic carbocycles. The zero-order chi connectivity index (χ0) is 23.9. The number of ether oxygens (including phenoxy) is 1. The van der Waals surface area contributed by atoms with Gasteiger partial charge < -0.3 is 10.5 Å². The second-order valence-corrected chi connectivity index (χ2v) is 7.56. The molecular weight excluding hydrogens is 454 g/mol. The van der Waals surface area contributed by atoms with Crippen LogP contribution in [0.1, 0.15) is 11.1 Å². The van der Waals surface area contributed by atoms with Crippen LogP contribution in [0.25, 0.3) is 11.1 Å². The van der Waals surface area contributed by atoms with Crippen molar-refractivity contribution in [3.63, 3.8) is 0 Å². The Morgan fingerprint density at radius 1 is 1.00 bits per heavy atom. The monoisotopic (exact) mass is 471 g/mol. The van der Waals surface area contributed by atoms with E-state index in [4.69, 9.17) is 10.6 Å². The van der Waals surface area contributed by atoms with Gasteiger partial charge in [0.2, 0.25) is 5.96 Å². The maximum atomic E-state index is 13.8. The highest BCUT2D eigenvalue weighted by atomic mass is 19.4. The van der Waals surface area contributed by atoms with Gasteiger partial charge in [0.1, 0.15) is 11.6 Å². The molecule has 11 heteroatoms. The van der Waals surface area contributed by atoms with Crippen LogP contribution in [0.2, 0.25) is 0 Å². The molecule has 0 aliphatic carbocycles. The summed E-state index contributed by atoms with van der Waals surface area (Å²) in [5, 5.41) is 1.32. The molecule has 3 heterocycles. The zero-order valence-electron chi connectivity index (χ0n) is 17.5. The van der Waals surface area contributed by atoms with Gasteiger partial charge in [-0.15, -0.1) is 13.2 Å². The summed E-state index contributed by atoms with van der Waals surface area (Å²) in [6.45, 7) is 0.641. The van der Waals surface area contributed by atoms with Crippen LogP contribution in [-0.4, -0.2) is 41.4 Å². The fraction of sp³-hybridized carbons (Fsp3) is 0.174. The van der Waals surface area contributed by atoms with Crippen molar-refractivity contribution in [3.8, 4) is 16.9 Å². The summed E-state index contributed by atoms with van der Waals surface area (Å²) in [4.78, 5) is 18.8. The number of fused-ring (bicyclic) bond motifs is 1. The predicted molar refractivity (Wildman–Crippen MR) is 115 cm³/mol. The highest BCUT2D eigenvalue weighted by Crippen LogP contribution is 2.43. The van der Waals surface area contributed by atoms with Crippen LogP contribution in [0.3, 0.4) is 0 Å². The highest BCUT2D eigenvalue weighted by molar-refractivity contribution is 6.11. The van der Waals surface area contributed by atoms with Crippen LogP contribution < -0.4 is 10.5 Å². The number of hydrogen-bond donors (Lipinski definition) is 1. The summed E-state index contributed by atoms with van der Waals surface area (Å²) in [5.74, 6) is -0.445. The zero-order valence-corrected chi connectivity index (χ0v) is 17.5. The number of pyridine rings is 1. The summed E-state index contributed by atoms with van der Waals surface area (Å²) >= 11 is 0. The Hall–Kier alpha value is -3.99. The van der Waals surface area contributed by atoms with Crippen LogP contribution in [0.15, 0.2) is 77.0 Å². The molecule has 2 N–H and O–H groups in total. The average Bonchev–Trinajstić information content (AvgIpc) is 3.12. The minimum absolute atomic E-state index is 0.0480. The summed E-state index contributed by atoms with van der Waals surface area (Å²) in [5.41, 5.74) is 7.15. The van der Waals surface area contributed by atoms with E-state index in [0.717, 1.165) is 6.20 Å². The number of aromatic nitrogens is 1. The average molecular weight is 471 g/mol. The molecule has 2 aliphatic rings. The lowest BCUT2D eigenvalue weighted by Crippen LogP contribution is -2.46. The van der Waals surface area contributed by atoms with Crippen molar-refractivity contribution in [1.29, 1.82) is 0 Å². The maximum absolute atomic E-state index is 13.8. The van der Waals surface area contributed by atoms with E-state index >= 15 is 0 Å². The van der Waals surface area contributed by atoms with Gasteiger partial charge in [0, 0.05) is 11.8 Å². The van der Waals surface area contributed by atoms with Gasteiger partial charge in [-0.2, -0.15) is 5.06 Å². The number of nitrogens with two attached hydrogens (primary N) is 1. The molecule has 0 saturated heterocycles. The number of hydrogen-bond acceptors (Lipinski definition) is 7. The van der Waals surface area contributed by atoms with Crippen molar-refractivity contribution in [2.45, 2.75) is 11.9 Å². The van der Waals surface area contributed by atoms with Crippen LogP contribution in [0.5, 0.6) is 5.75 Å². The normalized spacial score (nSPS) is 19.9. The van der Waals surface area contributed by atoms with Gasteiger partial charge in [0.05, 0.1) is 19.3 Å². The molecule has 5 rings (SSSR count). The molecule has 1 atom stereocenters. The van der Waals surface area contributed by atoms with Crippen molar-refractivity contribution in [1.82, 2.24) is 10.0 Å². The van der Waals surface area contributed by atoms with E-state index in [1.54, 1.807) is 24.3 Å². The molecule has 0 fully saturated rings. The lowest BCUT2D eigenvalue weighted by molar-refractivity contribution is -0.274. The Balaban J connectivity index is 1.67. The van der Waals surface area contributed by atoms with Crippen molar-refractivity contribution >= 4 is 11.8 Å². The Bertz CT molecular complexity index is 1290. The Morgan fingerprint density at radius 3 is 2.53 bits per heavy atom. The van der Waals surface area contributed by atoms with Gasteiger partial charge in [-0.25, -0.2) is 9.38 Å². The van der Waals surface area contributed by atoms with E-state index in [9.17, 15) is 17.6 Å². The van der Waals surface area contributed by atoms with Gasteiger partial charge in [-0.05, 0) is 41.0 Å². The number of rotatable bonds is 4. The predicted octanol–water partition coefficient (Wildman–Crippen LogP) is 4.00. The minimum Gasteiger partial charge on any atom is -0.406 e. The molecule has 1 aromatic heterocycles. The third kappa shape index (κ3) is 3.83. The molecule has 0 bridgehead atoms. The number of alkyl halides is 3. The number of halogens is 4. The fourth-order valence-corrected chi connectivity index (χ4v) is 4.06. The van der Waals surface area contributed by atoms with Crippen LogP contribution >= 0.6 is 0 Å². The lowest BCUT2D eigenvalue weighted by atomic mass is 9.81. The fourth-order valence-electron chi connectivity index (χ4n) is 4.06. The van der Waals surface area contributed by atoms with E-state index in [0.29, 0.717) is 41.2 Å². The molecular formula is C23H17F4N5O2. The minimum atomic E-state index is -4.82. The molecule has 3 aromatic rings. The molecule has 174 valence electrons. The molecule has 2 aliphatic heterocycles. The Labute approximate surface area is 191 Å². The van der Waals surface area contributed by atoms with Gasteiger partial charge in [-0.3, -0.25) is 14.8 Å². The van der Waals surface area contributed by atoms with Crippen molar-refractivity contribution < 1.29 is 27.1 Å². The third-order valence-corrected chi connectivity index (χ3v) is 5.40. The van der Waals surface area contributed by atoms with Crippen molar-refractivity contribution in [2.24, 2.45) is 15.7 Å². The first kappa shape index (κ1) is 21.8. The number of amidine groups is 1. The molecule has 0 radical (unpaired) electrons. The standard InChI is InChI=1S/C23H17F4N5O2/c24-18-11-15(12-29-13-18)14-2-1-3-17(10-14)22(20-30-8-9-33-32(20)21(28)31-22)16-4-6-19(7-5-16)34-23(25,26)27/h1-7,10-13H,8-9H2,(H2,28,31). The summed E-state index contributed by atoms with van der Waals surface area (Å²) in [6, 6.07) is 13.8. The number of hydroxylamine groups is 2. The van der Waals surface area contributed by atoms with E-state index in [1.807, 2.05) is 0 Å². The first-order valence-electron chi connectivity index (χ1n) is 10.2. The summed E-state index contributed by atoms with van der Waals surface area (Å²) < 4.78 is 55.8. The lowest BCUT2D eigenvalue weighted by Gasteiger charge is -2.32. The van der Waals surface area contributed by atoms with Gasteiger partial charge in [-0.1, -0.05) is 30.3 Å². The maximum Gasteiger partial charge on any atom is 0.573 e. The van der Waals surface area contributed by atoms with E-state index in [2.05, 4.69) is 19.7 Å². The number of aliphatic imine (C=N–C) groups is 2. The molecule has 0 spiro atoms. The van der Waals surface area contributed by atoms with Crippen LogP contribution in [-0.2, 0) is 10.4 Å². The second kappa shape index (κ2) is 8.10.